The van der Waals surface area contributed by atoms with Crippen LogP contribution in [0.2, 0.25) is 10.0 Å². The Morgan fingerprint density at radius 2 is 1.57 bits per heavy atom. The molecule has 4 aliphatic rings. The molecule has 4 amide bonds. The van der Waals surface area contributed by atoms with Gasteiger partial charge >= 0.3 is 0 Å². The first-order valence-electron chi connectivity index (χ1n) is 14.1. The van der Waals surface area contributed by atoms with Crippen LogP contribution < -0.4 is 9.80 Å². The van der Waals surface area contributed by atoms with E-state index in [2.05, 4.69) is 15.9 Å². The summed E-state index contributed by atoms with van der Waals surface area (Å²) < 4.78 is 14.9. The SMILES string of the molecule is CC12C(=O)N(c3ccc(F)c(Cl)c3)C(=O)C1CC1C(=CCC3C(=O)N(c4ccc(Br)cc4)C(=O)C31)C2c1ccc(O)cc1Cl. The smallest absolute Gasteiger partial charge is 0.241 e. The summed E-state index contributed by atoms with van der Waals surface area (Å²) in [7, 11) is 0. The molecule has 6 unspecified atom stereocenters. The molecule has 7 rings (SSSR count). The number of aromatic hydroxyl groups is 1. The van der Waals surface area contributed by atoms with Crippen molar-refractivity contribution in [2.45, 2.75) is 25.7 Å². The lowest BCUT2D eigenvalue weighted by Crippen LogP contribution is -2.49. The molecule has 1 saturated carbocycles. The highest BCUT2D eigenvalue weighted by atomic mass is 79.9. The molecule has 3 aromatic carbocycles. The van der Waals surface area contributed by atoms with Crippen LogP contribution in [0, 0.1) is 34.9 Å². The Labute approximate surface area is 270 Å². The summed E-state index contributed by atoms with van der Waals surface area (Å²) in [6, 6.07) is 15.1. The molecule has 0 radical (unpaired) electrons. The minimum atomic E-state index is -1.34. The summed E-state index contributed by atoms with van der Waals surface area (Å²) in [6.07, 6.45) is 2.35. The third-order valence-corrected chi connectivity index (χ3v) is 11.0. The Bertz CT molecular complexity index is 1830. The van der Waals surface area contributed by atoms with Crippen molar-refractivity contribution in [1.29, 1.82) is 0 Å². The fourth-order valence-electron chi connectivity index (χ4n) is 7.82. The van der Waals surface area contributed by atoms with Gasteiger partial charge in [0.1, 0.15) is 11.6 Å². The van der Waals surface area contributed by atoms with Crippen LogP contribution in [0.1, 0.15) is 31.2 Å². The monoisotopic (exact) mass is 696 g/mol. The predicted molar refractivity (Wildman–Crippen MR) is 166 cm³/mol. The minimum absolute atomic E-state index is 0.0661. The number of imide groups is 2. The highest BCUT2D eigenvalue weighted by Crippen LogP contribution is 2.64. The first-order chi connectivity index (χ1) is 20.9. The maximum Gasteiger partial charge on any atom is 0.241 e. The van der Waals surface area contributed by atoms with E-state index in [-0.39, 0.29) is 46.1 Å². The van der Waals surface area contributed by atoms with Gasteiger partial charge in [0, 0.05) is 15.4 Å². The Balaban J connectivity index is 1.37. The van der Waals surface area contributed by atoms with Gasteiger partial charge in [0.05, 0.1) is 39.6 Å². The molecule has 3 fully saturated rings. The van der Waals surface area contributed by atoms with Gasteiger partial charge in [-0.25, -0.2) is 9.29 Å². The quantitative estimate of drug-likeness (QED) is 0.234. The number of carbonyl (C=O) groups excluding carboxylic acids is 4. The van der Waals surface area contributed by atoms with Crippen LogP contribution in [0.15, 0.2) is 76.8 Å². The van der Waals surface area contributed by atoms with E-state index in [1.807, 2.05) is 6.08 Å². The molecule has 0 spiro atoms. The largest absolute Gasteiger partial charge is 0.508 e. The number of hydrogen-bond donors (Lipinski definition) is 1. The molecule has 2 aliphatic heterocycles. The number of phenolic OH excluding ortho intramolecular Hbond substituents is 1. The van der Waals surface area contributed by atoms with Crippen LogP contribution in [0.3, 0.4) is 0 Å². The third kappa shape index (κ3) is 4.05. The summed E-state index contributed by atoms with van der Waals surface area (Å²) in [4.78, 5) is 58.7. The number of halogens is 4. The number of rotatable bonds is 3. The van der Waals surface area contributed by atoms with E-state index in [0.717, 1.165) is 21.0 Å². The zero-order chi connectivity index (χ0) is 31.2. The Morgan fingerprint density at radius 3 is 2.25 bits per heavy atom. The molecule has 3 aromatic rings. The number of phenols is 1. The number of nitrogens with zero attached hydrogens (tertiary/aromatic N) is 2. The summed E-state index contributed by atoms with van der Waals surface area (Å²) >= 11 is 16.1. The number of allylic oxidation sites excluding steroid dienone is 2. The first kappa shape index (κ1) is 29.2. The van der Waals surface area contributed by atoms with Gasteiger partial charge in [0.25, 0.3) is 0 Å². The number of fused-ring (bicyclic) bond motifs is 4. The highest BCUT2D eigenvalue weighted by molar-refractivity contribution is 9.10. The van der Waals surface area contributed by atoms with Gasteiger partial charge in [-0.3, -0.25) is 24.1 Å². The standard InChI is InChI=1S/C33H24BrCl2FN2O5/c1-33-23(30(42)39(32(33)44)17-6-11-26(37)25(36)12-17)14-22-19(28(33)20-8-7-18(40)13-24(20)35)9-10-21-27(22)31(43)38(29(21)41)16-4-2-15(34)3-5-16/h2-9,11-13,21-23,27-28,40H,10,14H2,1H3. The maximum absolute atomic E-state index is 14.4. The predicted octanol–water partition coefficient (Wildman–Crippen LogP) is 7.04. The van der Waals surface area contributed by atoms with E-state index >= 15 is 0 Å². The van der Waals surface area contributed by atoms with Gasteiger partial charge in [0.2, 0.25) is 23.6 Å². The molecule has 44 heavy (non-hydrogen) atoms. The Kier molecular flexibility index (Phi) is 6.81. The van der Waals surface area contributed by atoms with Crippen molar-refractivity contribution < 1.29 is 28.7 Å². The number of amides is 4. The van der Waals surface area contributed by atoms with Gasteiger partial charge in [-0.05, 0) is 85.8 Å². The normalized spacial score (nSPS) is 29.5. The molecule has 2 aliphatic carbocycles. The molecule has 6 atom stereocenters. The van der Waals surface area contributed by atoms with Crippen LogP contribution in [0.25, 0.3) is 0 Å². The average molecular weight is 698 g/mol. The van der Waals surface area contributed by atoms with Crippen LogP contribution in [0.4, 0.5) is 15.8 Å². The van der Waals surface area contributed by atoms with Crippen molar-refractivity contribution in [3.05, 3.63) is 98.2 Å². The van der Waals surface area contributed by atoms with Crippen molar-refractivity contribution in [1.82, 2.24) is 0 Å². The molecule has 7 nitrogen and oxygen atoms in total. The molecule has 224 valence electrons. The van der Waals surface area contributed by atoms with Crippen molar-refractivity contribution in [2.24, 2.45) is 29.1 Å². The second kappa shape index (κ2) is 10.3. The van der Waals surface area contributed by atoms with Crippen molar-refractivity contribution in [3.8, 4) is 5.75 Å². The van der Waals surface area contributed by atoms with Crippen LogP contribution in [0.5, 0.6) is 5.75 Å². The first-order valence-corrected chi connectivity index (χ1v) is 15.6. The average Bonchev–Trinajstić information content (AvgIpc) is 3.35. The van der Waals surface area contributed by atoms with Crippen LogP contribution >= 0.6 is 39.1 Å². The molecule has 11 heteroatoms. The fourth-order valence-corrected chi connectivity index (χ4v) is 8.55. The second-order valence-electron chi connectivity index (χ2n) is 12.0. The lowest BCUT2D eigenvalue weighted by molar-refractivity contribution is -0.131. The molecule has 1 N–H and O–H groups in total. The van der Waals surface area contributed by atoms with E-state index in [0.29, 0.717) is 11.3 Å². The van der Waals surface area contributed by atoms with E-state index in [1.165, 1.54) is 29.2 Å². The van der Waals surface area contributed by atoms with Gasteiger partial charge in [-0.1, -0.05) is 56.8 Å². The Hall–Kier alpha value is -3.53. The molecule has 2 heterocycles. The van der Waals surface area contributed by atoms with Gasteiger partial charge in [0.15, 0.2) is 0 Å². The summed E-state index contributed by atoms with van der Waals surface area (Å²) in [6.45, 7) is 1.72. The van der Waals surface area contributed by atoms with Crippen LogP contribution in [-0.2, 0) is 19.2 Å². The summed E-state index contributed by atoms with van der Waals surface area (Å²) in [5.74, 6) is -5.95. The Morgan fingerprint density at radius 1 is 0.864 bits per heavy atom. The topological polar surface area (TPSA) is 95.0 Å². The number of carbonyl (C=O) groups is 4. The van der Waals surface area contributed by atoms with E-state index in [9.17, 15) is 28.7 Å². The van der Waals surface area contributed by atoms with Gasteiger partial charge in [-0.2, -0.15) is 0 Å². The summed E-state index contributed by atoms with van der Waals surface area (Å²) in [5, 5.41) is 10.1. The summed E-state index contributed by atoms with van der Waals surface area (Å²) in [5.41, 5.74) is 0.542. The van der Waals surface area contributed by atoms with Crippen molar-refractivity contribution in [2.75, 3.05) is 9.80 Å². The van der Waals surface area contributed by atoms with Gasteiger partial charge in [-0.15, -0.1) is 0 Å². The second-order valence-corrected chi connectivity index (χ2v) is 13.7. The third-order valence-electron chi connectivity index (χ3n) is 9.82. The van der Waals surface area contributed by atoms with E-state index in [4.69, 9.17) is 23.2 Å². The minimum Gasteiger partial charge on any atom is -0.508 e. The van der Waals surface area contributed by atoms with Crippen LogP contribution in [-0.4, -0.2) is 28.7 Å². The lowest BCUT2D eigenvalue weighted by atomic mass is 9.51. The maximum atomic E-state index is 14.4. The van der Waals surface area contributed by atoms with Crippen molar-refractivity contribution >= 4 is 74.1 Å². The number of hydrogen-bond acceptors (Lipinski definition) is 5. The zero-order valence-electron chi connectivity index (χ0n) is 23.1. The zero-order valence-corrected chi connectivity index (χ0v) is 26.2. The molecular weight excluding hydrogens is 674 g/mol. The van der Waals surface area contributed by atoms with Gasteiger partial charge < -0.3 is 5.11 Å². The molecular formula is C33H24BrCl2FN2O5. The number of benzene rings is 3. The fraction of sp³-hybridized carbons (Fsp3) is 0.273. The number of anilines is 2. The molecule has 0 bridgehead atoms. The van der Waals surface area contributed by atoms with E-state index < -0.39 is 52.6 Å². The van der Waals surface area contributed by atoms with Crippen molar-refractivity contribution in [3.63, 3.8) is 0 Å². The molecule has 0 aromatic heterocycles. The highest BCUT2D eigenvalue weighted by Gasteiger charge is 2.67. The lowest BCUT2D eigenvalue weighted by Gasteiger charge is -2.49. The molecule has 2 saturated heterocycles. The van der Waals surface area contributed by atoms with E-state index in [1.54, 1.807) is 37.3 Å².